The van der Waals surface area contributed by atoms with Gasteiger partial charge in [-0.3, -0.25) is 0 Å². The number of ether oxygens (including phenoxy) is 1. The molecule has 1 aliphatic rings. The molecule has 118 valence electrons. The zero-order valence-corrected chi connectivity index (χ0v) is 13.1. The number of aromatic nitrogens is 4. The molecule has 0 spiro atoms. The molecule has 0 radical (unpaired) electrons. The minimum absolute atomic E-state index is 0.0684. The van der Waals surface area contributed by atoms with E-state index in [2.05, 4.69) is 31.8 Å². The maximum Gasteiger partial charge on any atom is 0.137 e. The molecule has 1 unspecified atom stereocenters. The van der Waals surface area contributed by atoms with Crippen LogP contribution in [0.2, 0.25) is 0 Å². The Labute approximate surface area is 131 Å². The van der Waals surface area contributed by atoms with Crippen molar-refractivity contribution in [1.82, 2.24) is 24.8 Å². The van der Waals surface area contributed by atoms with Gasteiger partial charge in [0.05, 0.1) is 5.69 Å². The highest BCUT2D eigenvalue weighted by Gasteiger charge is 2.30. The molecule has 0 aromatic carbocycles. The van der Waals surface area contributed by atoms with Crippen LogP contribution in [-0.4, -0.2) is 32.7 Å². The van der Waals surface area contributed by atoms with Crippen molar-refractivity contribution in [2.45, 2.75) is 31.9 Å². The van der Waals surface area contributed by atoms with E-state index in [9.17, 15) is 0 Å². The standard InChI is InChI=1S/C16H23N5O/c1-12(14-5-6-17-11-20-14)19-10-13-4-3-9-22-15(13)16-18-7-8-21(16)2/h5-8,11-13,15,19H,3-4,9-10H2,1-2H3/t12?,13-,15+/m0/s1. The van der Waals surface area contributed by atoms with E-state index in [0.717, 1.165) is 37.5 Å². The van der Waals surface area contributed by atoms with E-state index in [1.807, 2.05) is 25.5 Å². The topological polar surface area (TPSA) is 64.9 Å². The predicted octanol–water partition coefficient (Wildman–Crippen LogP) is 2.03. The lowest BCUT2D eigenvalue weighted by Crippen LogP contribution is -2.34. The van der Waals surface area contributed by atoms with E-state index in [1.165, 1.54) is 0 Å². The van der Waals surface area contributed by atoms with Crippen molar-refractivity contribution in [3.05, 3.63) is 42.5 Å². The van der Waals surface area contributed by atoms with Gasteiger partial charge in [0.15, 0.2) is 0 Å². The number of imidazole rings is 1. The summed E-state index contributed by atoms with van der Waals surface area (Å²) in [5, 5.41) is 3.57. The van der Waals surface area contributed by atoms with Crippen LogP contribution >= 0.6 is 0 Å². The maximum atomic E-state index is 6.00. The second-order valence-corrected chi connectivity index (χ2v) is 5.85. The number of nitrogens with zero attached hydrogens (tertiary/aromatic N) is 4. The largest absolute Gasteiger partial charge is 0.370 e. The van der Waals surface area contributed by atoms with Gasteiger partial charge in [-0.15, -0.1) is 0 Å². The molecule has 22 heavy (non-hydrogen) atoms. The summed E-state index contributed by atoms with van der Waals surface area (Å²) in [5.74, 6) is 1.44. The van der Waals surface area contributed by atoms with E-state index in [0.29, 0.717) is 5.92 Å². The lowest BCUT2D eigenvalue weighted by atomic mass is 9.93. The van der Waals surface area contributed by atoms with Gasteiger partial charge < -0.3 is 14.6 Å². The van der Waals surface area contributed by atoms with Crippen LogP contribution in [0.5, 0.6) is 0 Å². The van der Waals surface area contributed by atoms with Crippen LogP contribution in [0.15, 0.2) is 31.0 Å². The Morgan fingerprint density at radius 3 is 3.05 bits per heavy atom. The fraction of sp³-hybridized carbons (Fsp3) is 0.562. The van der Waals surface area contributed by atoms with Crippen molar-refractivity contribution in [2.24, 2.45) is 13.0 Å². The highest BCUT2D eigenvalue weighted by molar-refractivity contribution is 5.04. The van der Waals surface area contributed by atoms with Gasteiger partial charge in [-0.1, -0.05) is 0 Å². The van der Waals surface area contributed by atoms with Crippen LogP contribution < -0.4 is 5.32 Å². The second-order valence-electron chi connectivity index (χ2n) is 5.85. The van der Waals surface area contributed by atoms with E-state index in [-0.39, 0.29) is 12.1 Å². The molecule has 0 bridgehead atoms. The zero-order valence-electron chi connectivity index (χ0n) is 13.1. The first-order valence-electron chi connectivity index (χ1n) is 7.84. The third kappa shape index (κ3) is 3.34. The molecule has 1 aliphatic heterocycles. The summed E-state index contributed by atoms with van der Waals surface area (Å²) in [6.45, 7) is 3.83. The Balaban J connectivity index is 1.64. The van der Waals surface area contributed by atoms with E-state index in [1.54, 1.807) is 12.5 Å². The first-order valence-corrected chi connectivity index (χ1v) is 7.84. The van der Waals surface area contributed by atoms with Crippen molar-refractivity contribution < 1.29 is 4.74 Å². The first kappa shape index (κ1) is 15.1. The number of nitrogens with one attached hydrogen (secondary N) is 1. The van der Waals surface area contributed by atoms with E-state index in [4.69, 9.17) is 4.74 Å². The lowest BCUT2D eigenvalue weighted by Gasteiger charge is -2.32. The van der Waals surface area contributed by atoms with E-state index >= 15 is 0 Å². The smallest absolute Gasteiger partial charge is 0.137 e. The Kier molecular flexibility index (Phi) is 4.80. The highest BCUT2D eigenvalue weighted by Crippen LogP contribution is 2.32. The number of hydrogen-bond acceptors (Lipinski definition) is 5. The average molecular weight is 301 g/mol. The summed E-state index contributed by atoms with van der Waals surface area (Å²) in [6.07, 6.45) is 9.51. The quantitative estimate of drug-likeness (QED) is 0.915. The van der Waals surface area contributed by atoms with Crippen LogP contribution in [-0.2, 0) is 11.8 Å². The van der Waals surface area contributed by atoms with Crippen LogP contribution in [0, 0.1) is 5.92 Å². The molecule has 3 rings (SSSR count). The Hall–Kier alpha value is -1.79. The normalized spacial score (nSPS) is 23.4. The molecule has 0 aliphatic carbocycles. The highest BCUT2D eigenvalue weighted by atomic mass is 16.5. The monoisotopic (exact) mass is 301 g/mol. The zero-order chi connectivity index (χ0) is 15.4. The van der Waals surface area contributed by atoms with Gasteiger partial charge in [0.1, 0.15) is 18.3 Å². The Morgan fingerprint density at radius 2 is 2.32 bits per heavy atom. The maximum absolute atomic E-state index is 6.00. The molecule has 0 saturated carbocycles. The summed E-state index contributed by atoms with van der Waals surface area (Å²) in [5.41, 5.74) is 1.01. The number of rotatable bonds is 5. The molecule has 0 amide bonds. The molecule has 6 heteroatoms. The SMILES string of the molecule is CC(NC[C@@H]1CCCO[C@H]1c1nccn1C)c1ccncn1. The van der Waals surface area contributed by atoms with Crippen LogP contribution in [0.25, 0.3) is 0 Å². The molecular weight excluding hydrogens is 278 g/mol. The Morgan fingerprint density at radius 1 is 1.41 bits per heavy atom. The molecule has 3 heterocycles. The minimum Gasteiger partial charge on any atom is -0.370 e. The molecular formula is C16H23N5O. The first-order chi connectivity index (χ1) is 10.8. The van der Waals surface area contributed by atoms with Crippen molar-refractivity contribution in [3.8, 4) is 0 Å². The molecule has 1 saturated heterocycles. The van der Waals surface area contributed by atoms with Crippen LogP contribution in [0.1, 0.15) is 43.4 Å². The number of hydrogen-bond donors (Lipinski definition) is 1. The van der Waals surface area contributed by atoms with Crippen molar-refractivity contribution in [1.29, 1.82) is 0 Å². The summed E-state index contributed by atoms with van der Waals surface area (Å²) >= 11 is 0. The molecule has 6 nitrogen and oxygen atoms in total. The van der Waals surface area contributed by atoms with E-state index < -0.39 is 0 Å². The second kappa shape index (κ2) is 6.98. The molecule has 1 N–H and O–H groups in total. The summed E-state index contributed by atoms with van der Waals surface area (Å²) in [4.78, 5) is 12.7. The average Bonchev–Trinajstić information content (AvgIpc) is 2.99. The number of aryl methyl sites for hydroxylation is 1. The minimum atomic E-state index is 0.0684. The lowest BCUT2D eigenvalue weighted by molar-refractivity contribution is -0.0349. The van der Waals surface area contributed by atoms with Crippen LogP contribution in [0.4, 0.5) is 0 Å². The molecule has 1 fully saturated rings. The fourth-order valence-corrected chi connectivity index (χ4v) is 2.98. The van der Waals surface area contributed by atoms with Gasteiger partial charge in [0, 0.05) is 50.7 Å². The van der Waals surface area contributed by atoms with Gasteiger partial charge in [0.25, 0.3) is 0 Å². The molecule has 2 aromatic heterocycles. The Bertz CT molecular complexity index is 585. The van der Waals surface area contributed by atoms with Gasteiger partial charge >= 0.3 is 0 Å². The third-order valence-corrected chi connectivity index (χ3v) is 4.29. The van der Waals surface area contributed by atoms with Gasteiger partial charge in [0.2, 0.25) is 0 Å². The third-order valence-electron chi connectivity index (χ3n) is 4.29. The summed E-state index contributed by atoms with van der Waals surface area (Å²) in [7, 11) is 2.02. The predicted molar refractivity (Wildman–Crippen MR) is 83.1 cm³/mol. The van der Waals surface area contributed by atoms with Crippen molar-refractivity contribution in [3.63, 3.8) is 0 Å². The van der Waals surface area contributed by atoms with Crippen molar-refractivity contribution in [2.75, 3.05) is 13.2 Å². The van der Waals surface area contributed by atoms with Gasteiger partial charge in [-0.05, 0) is 25.8 Å². The van der Waals surface area contributed by atoms with Gasteiger partial charge in [-0.25, -0.2) is 15.0 Å². The molecule has 2 aromatic rings. The molecule has 3 atom stereocenters. The van der Waals surface area contributed by atoms with Gasteiger partial charge in [-0.2, -0.15) is 0 Å². The van der Waals surface area contributed by atoms with Crippen molar-refractivity contribution >= 4 is 0 Å². The fourth-order valence-electron chi connectivity index (χ4n) is 2.98. The van der Waals surface area contributed by atoms with Crippen LogP contribution in [0.3, 0.4) is 0 Å². The summed E-state index contributed by atoms with van der Waals surface area (Å²) in [6, 6.07) is 2.15. The summed E-state index contributed by atoms with van der Waals surface area (Å²) < 4.78 is 8.06.